The van der Waals surface area contributed by atoms with Crippen molar-refractivity contribution in [3.8, 4) is 11.1 Å². The van der Waals surface area contributed by atoms with Crippen LogP contribution in [-0.4, -0.2) is 34.7 Å². The van der Waals surface area contributed by atoms with Gasteiger partial charge in [-0.05, 0) is 47.5 Å². The van der Waals surface area contributed by atoms with E-state index in [0.717, 1.165) is 11.1 Å². The molecular weight excluding hydrogens is 426 g/mol. The Bertz CT molecular complexity index is 1200. The van der Waals surface area contributed by atoms with Gasteiger partial charge in [-0.2, -0.15) is 0 Å². The summed E-state index contributed by atoms with van der Waals surface area (Å²) in [7, 11) is -7.63. The van der Waals surface area contributed by atoms with Crippen molar-refractivity contribution in [2.75, 3.05) is 11.9 Å². The Morgan fingerprint density at radius 1 is 0.767 bits per heavy atom. The third-order valence-electron chi connectivity index (χ3n) is 4.25. The number of primary sulfonamides is 1. The molecule has 0 radical (unpaired) electrons. The van der Waals surface area contributed by atoms with Crippen LogP contribution in [0.25, 0.3) is 11.1 Å². The number of nitrogens with two attached hydrogens (primary N) is 1. The van der Waals surface area contributed by atoms with E-state index in [4.69, 9.17) is 5.14 Å². The zero-order valence-electron chi connectivity index (χ0n) is 15.8. The van der Waals surface area contributed by atoms with Gasteiger partial charge in [-0.15, -0.1) is 0 Å². The second-order valence-corrected chi connectivity index (χ2v) is 9.80. The largest absolute Gasteiger partial charge is 0.372 e. The average molecular weight is 448 g/mol. The van der Waals surface area contributed by atoms with Crippen LogP contribution in [0, 0.1) is 0 Å². The van der Waals surface area contributed by atoms with Crippen molar-refractivity contribution >= 4 is 25.7 Å². The summed E-state index contributed by atoms with van der Waals surface area (Å²) in [6, 6.07) is 21.4. The fourth-order valence-electron chi connectivity index (χ4n) is 2.71. The average Bonchev–Trinajstić information content (AvgIpc) is 2.73. The minimum Gasteiger partial charge on any atom is -0.372 e. The van der Waals surface area contributed by atoms with Gasteiger partial charge >= 0.3 is 0 Å². The molecule has 1 unspecified atom stereocenters. The summed E-state index contributed by atoms with van der Waals surface area (Å²) in [5.74, 6) is 0. The van der Waals surface area contributed by atoms with E-state index in [2.05, 4.69) is 10.0 Å². The van der Waals surface area contributed by atoms with Crippen LogP contribution >= 0.6 is 0 Å². The predicted octanol–water partition coefficient (Wildman–Crippen LogP) is 1.71. The maximum Gasteiger partial charge on any atom is 0.240 e. The van der Waals surface area contributed by atoms with Gasteiger partial charge in [-0.1, -0.05) is 42.5 Å². The van der Waals surface area contributed by atoms with Crippen LogP contribution in [0.1, 0.15) is 0 Å². The number of anilines is 1. The number of hydrogen-bond acceptors (Lipinski definition) is 6. The highest BCUT2D eigenvalue weighted by molar-refractivity contribution is 7.89. The lowest BCUT2D eigenvalue weighted by atomic mass is 10.1. The number of aliphatic hydroxyl groups excluding tert-OH is 1. The van der Waals surface area contributed by atoms with Gasteiger partial charge in [0.15, 0.2) is 0 Å². The Morgan fingerprint density at radius 2 is 1.30 bits per heavy atom. The van der Waals surface area contributed by atoms with E-state index in [1.165, 1.54) is 36.4 Å². The van der Waals surface area contributed by atoms with E-state index in [1.54, 1.807) is 12.1 Å². The molecule has 0 aromatic heterocycles. The summed E-state index contributed by atoms with van der Waals surface area (Å²) in [4.78, 5) is 0.00841. The van der Waals surface area contributed by atoms with Gasteiger partial charge in [-0.25, -0.2) is 26.7 Å². The lowest BCUT2D eigenvalue weighted by Gasteiger charge is -2.15. The second-order valence-electron chi connectivity index (χ2n) is 6.47. The number of aliphatic hydroxyl groups is 1. The molecule has 3 aromatic carbocycles. The first-order valence-electron chi connectivity index (χ1n) is 8.88. The quantitative estimate of drug-likeness (QED) is 0.388. The minimum absolute atomic E-state index is 0.0674. The molecule has 1 atom stereocenters. The standard InChI is InChI=1S/C20H21N3O5S2/c21-29(25,26)18-12-8-17(9-13-18)23-20(24)14-22-30(27,28)19-10-6-16(7-11-19)15-4-2-1-3-5-15/h1-13,20,22-24H,14H2,(H2,21,25,26). The minimum atomic E-state index is -3.82. The molecule has 0 aliphatic carbocycles. The summed E-state index contributed by atoms with van der Waals surface area (Å²) >= 11 is 0. The zero-order valence-corrected chi connectivity index (χ0v) is 17.4. The molecule has 0 amide bonds. The molecule has 0 aliphatic rings. The Balaban J connectivity index is 1.60. The molecule has 30 heavy (non-hydrogen) atoms. The maximum absolute atomic E-state index is 12.5. The van der Waals surface area contributed by atoms with Crippen LogP contribution in [-0.2, 0) is 20.0 Å². The van der Waals surface area contributed by atoms with Gasteiger partial charge in [0.25, 0.3) is 0 Å². The number of benzene rings is 3. The lowest BCUT2D eigenvalue weighted by Crippen LogP contribution is -2.36. The Labute approximate surface area is 175 Å². The van der Waals surface area contributed by atoms with Crippen LogP contribution < -0.4 is 15.2 Å². The van der Waals surface area contributed by atoms with E-state index in [-0.39, 0.29) is 16.3 Å². The lowest BCUT2D eigenvalue weighted by molar-refractivity contribution is 0.207. The maximum atomic E-state index is 12.5. The molecular formula is C20H21N3O5S2. The second kappa shape index (κ2) is 8.94. The Morgan fingerprint density at radius 3 is 1.87 bits per heavy atom. The molecule has 0 spiro atoms. The van der Waals surface area contributed by atoms with Crippen molar-refractivity contribution in [1.29, 1.82) is 0 Å². The first-order valence-corrected chi connectivity index (χ1v) is 11.9. The molecule has 3 aromatic rings. The zero-order chi connectivity index (χ0) is 21.8. The van der Waals surface area contributed by atoms with Crippen LogP contribution in [0.4, 0.5) is 5.69 Å². The van der Waals surface area contributed by atoms with Crippen molar-refractivity contribution in [2.45, 2.75) is 16.0 Å². The highest BCUT2D eigenvalue weighted by atomic mass is 32.2. The molecule has 0 bridgehead atoms. The number of sulfonamides is 2. The van der Waals surface area contributed by atoms with Gasteiger partial charge in [0.05, 0.1) is 16.3 Å². The van der Waals surface area contributed by atoms with Crippen molar-refractivity contribution in [3.63, 3.8) is 0 Å². The van der Waals surface area contributed by atoms with Crippen LogP contribution in [0.5, 0.6) is 0 Å². The number of hydrogen-bond donors (Lipinski definition) is 4. The normalized spacial score (nSPS) is 13.0. The topological polar surface area (TPSA) is 139 Å². The molecule has 5 N–H and O–H groups in total. The smallest absolute Gasteiger partial charge is 0.240 e. The summed E-state index contributed by atoms with van der Waals surface area (Å²) < 4.78 is 49.8. The Kier molecular flexibility index (Phi) is 6.54. The van der Waals surface area contributed by atoms with Crippen molar-refractivity contribution in [2.24, 2.45) is 5.14 Å². The van der Waals surface area contributed by atoms with Gasteiger partial charge < -0.3 is 10.4 Å². The van der Waals surface area contributed by atoms with Crippen LogP contribution in [0.15, 0.2) is 88.7 Å². The highest BCUT2D eigenvalue weighted by Gasteiger charge is 2.16. The molecule has 0 fully saturated rings. The molecule has 158 valence electrons. The molecule has 3 rings (SSSR count). The van der Waals surface area contributed by atoms with E-state index < -0.39 is 26.3 Å². The summed E-state index contributed by atoms with van der Waals surface area (Å²) in [5, 5.41) is 17.7. The van der Waals surface area contributed by atoms with E-state index >= 15 is 0 Å². The van der Waals surface area contributed by atoms with Crippen molar-refractivity contribution < 1.29 is 21.9 Å². The first kappa shape index (κ1) is 21.9. The number of rotatable bonds is 8. The summed E-state index contributed by atoms with van der Waals surface area (Å²) in [6.07, 6.45) is -1.23. The highest BCUT2D eigenvalue weighted by Crippen LogP contribution is 2.21. The van der Waals surface area contributed by atoms with Crippen LogP contribution in [0.2, 0.25) is 0 Å². The fourth-order valence-corrected chi connectivity index (χ4v) is 4.27. The first-order chi connectivity index (χ1) is 14.1. The van der Waals surface area contributed by atoms with E-state index in [1.807, 2.05) is 30.3 Å². The van der Waals surface area contributed by atoms with Crippen LogP contribution in [0.3, 0.4) is 0 Å². The SMILES string of the molecule is NS(=O)(=O)c1ccc(NC(O)CNS(=O)(=O)c2ccc(-c3ccccc3)cc2)cc1. The molecule has 0 saturated carbocycles. The fraction of sp³-hybridized carbons (Fsp3) is 0.100. The van der Waals surface area contributed by atoms with Crippen molar-refractivity contribution in [1.82, 2.24) is 4.72 Å². The monoisotopic (exact) mass is 447 g/mol. The molecule has 0 saturated heterocycles. The summed E-state index contributed by atoms with van der Waals surface area (Å²) in [6.45, 7) is -0.292. The number of nitrogens with one attached hydrogen (secondary N) is 2. The van der Waals surface area contributed by atoms with E-state index in [9.17, 15) is 21.9 Å². The predicted molar refractivity (Wildman–Crippen MR) is 115 cm³/mol. The molecule has 0 aliphatic heterocycles. The molecule has 0 heterocycles. The van der Waals surface area contributed by atoms with Gasteiger partial charge in [0.2, 0.25) is 20.0 Å². The van der Waals surface area contributed by atoms with Gasteiger partial charge in [-0.3, -0.25) is 0 Å². The van der Waals surface area contributed by atoms with E-state index in [0.29, 0.717) is 5.69 Å². The van der Waals surface area contributed by atoms with Gasteiger partial charge in [0, 0.05) is 5.69 Å². The van der Waals surface area contributed by atoms with Gasteiger partial charge in [0.1, 0.15) is 6.23 Å². The van der Waals surface area contributed by atoms with Crippen molar-refractivity contribution in [3.05, 3.63) is 78.9 Å². The third-order valence-corrected chi connectivity index (χ3v) is 6.62. The Hall–Kier alpha value is -2.76. The third kappa shape index (κ3) is 5.65. The summed E-state index contributed by atoms with van der Waals surface area (Å²) in [5.41, 5.74) is 2.27. The molecule has 10 heteroatoms. The molecule has 8 nitrogen and oxygen atoms in total.